The van der Waals surface area contributed by atoms with Crippen molar-refractivity contribution in [3.8, 4) is 0 Å². The monoisotopic (exact) mass is 260 g/mol. The standard InChI is InChI=1S/C11H17FN2O2S/c1-9(2)14(8-7-13)17(15,16)11-5-3-10(12)4-6-11/h3-6,9H,7-8,13H2,1-2H3. The van der Waals surface area contributed by atoms with Crippen LogP contribution in [0.4, 0.5) is 4.39 Å². The van der Waals surface area contributed by atoms with Gasteiger partial charge in [-0.05, 0) is 38.1 Å². The molecule has 0 unspecified atom stereocenters. The highest BCUT2D eigenvalue weighted by Gasteiger charge is 2.26. The first-order valence-electron chi connectivity index (χ1n) is 5.37. The Labute approximate surface area is 101 Å². The lowest BCUT2D eigenvalue weighted by atomic mass is 10.4. The van der Waals surface area contributed by atoms with Crippen LogP contribution < -0.4 is 5.73 Å². The predicted molar refractivity (Wildman–Crippen MR) is 64.5 cm³/mol. The zero-order valence-corrected chi connectivity index (χ0v) is 10.7. The third-order valence-electron chi connectivity index (χ3n) is 2.35. The van der Waals surface area contributed by atoms with E-state index in [0.717, 1.165) is 12.1 Å². The van der Waals surface area contributed by atoms with E-state index >= 15 is 0 Å². The van der Waals surface area contributed by atoms with Gasteiger partial charge in [-0.15, -0.1) is 0 Å². The van der Waals surface area contributed by atoms with E-state index in [0.29, 0.717) is 0 Å². The Bertz CT molecular complexity index is 457. The highest BCUT2D eigenvalue weighted by atomic mass is 32.2. The summed E-state index contributed by atoms with van der Waals surface area (Å²) in [7, 11) is -3.59. The summed E-state index contributed by atoms with van der Waals surface area (Å²) in [6.45, 7) is 4.05. The van der Waals surface area contributed by atoms with Crippen LogP contribution in [0.15, 0.2) is 29.2 Å². The average Bonchev–Trinajstić information content (AvgIpc) is 2.25. The fourth-order valence-corrected chi connectivity index (χ4v) is 3.18. The Morgan fingerprint density at radius 3 is 2.24 bits per heavy atom. The molecule has 0 aromatic heterocycles. The van der Waals surface area contributed by atoms with E-state index in [1.165, 1.54) is 16.4 Å². The van der Waals surface area contributed by atoms with Crippen molar-refractivity contribution < 1.29 is 12.8 Å². The van der Waals surface area contributed by atoms with E-state index in [2.05, 4.69) is 0 Å². The second kappa shape index (κ2) is 5.57. The van der Waals surface area contributed by atoms with Gasteiger partial charge in [0.1, 0.15) is 5.82 Å². The van der Waals surface area contributed by atoms with E-state index in [4.69, 9.17) is 5.73 Å². The Kier molecular flexibility index (Phi) is 4.62. The topological polar surface area (TPSA) is 63.4 Å². The molecule has 1 rings (SSSR count). The molecular formula is C11H17FN2O2S. The van der Waals surface area contributed by atoms with Crippen molar-refractivity contribution in [2.75, 3.05) is 13.1 Å². The third kappa shape index (κ3) is 3.24. The zero-order valence-electron chi connectivity index (χ0n) is 9.93. The summed E-state index contributed by atoms with van der Waals surface area (Å²) < 4.78 is 38.5. The van der Waals surface area contributed by atoms with Gasteiger partial charge in [-0.3, -0.25) is 0 Å². The number of nitrogens with zero attached hydrogens (tertiary/aromatic N) is 1. The van der Waals surface area contributed by atoms with Crippen LogP contribution in [0.3, 0.4) is 0 Å². The molecule has 0 radical (unpaired) electrons. The Morgan fingerprint density at radius 2 is 1.82 bits per heavy atom. The minimum absolute atomic E-state index is 0.0843. The fraction of sp³-hybridized carbons (Fsp3) is 0.455. The first kappa shape index (κ1) is 14.1. The van der Waals surface area contributed by atoms with Crippen LogP contribution in [0.2, 0.25) is 0 Å². The lowest BCUT2D eigenvalue weighted by Gasteiger charge is -2.25. The lowest BCUT2D eigenvalue weighted by molar-refractivity contribution is 0.361. The van der Waals surface area contributed by atoms with Gasteiger partial charge in [0.05, 0.1) is 4.90 Å². The number of benzene rings is 1. The first-order chi connectivity index (χ1) is 7.89. The molecular weight excluding hydrogens is 243 g/mol. The number of nitrogens with two attached hydrogens (primary N) is 1. The average molecular weight is 260 g/mol. The second-order valence-electron chi connectivity index (χ2n) is 3.95. The van der Waals surface area contributed by atoms with E-state index in [9.17, 15) is 12.8 Å². The number of halogens is 1. The Morgan fingerprint density at radius 1 is 1.29 bits per heavy atom. The van der Waals surface area contributed by atoms with Gasteiger partial charge < -0.3 is 5.73 Å². The molecule has 1 aromatic rings. The van der Waals surface area contributed by atoms with Gasteiger partial charge in [0.25, 0.3) is 0 Å². The highest BCUT2D eigenvalue weighted by Crippen LogP contribution is 2.17. The molecule has 0 atom stereocenters. The Balaban J connectivity index is 3.12. The van der Waals surface area contributed by atoms with Gasteiger partial charge in [-0.2, -0.15) is 4.31 Å². The highest BCUT2D eigenvalue weighted by molar-refractivity contribution is 7.89. The summed E-state index contributed by atoms with van der Waals surface area (Å²) in [5, 5.41) is 0. The van der Waals surface area contributed by atoms with E-state index < -0.39 is 15.8 Å². The molecule has 0 saturated heterocycles. The van der Waals surface area contributed by atoms with Crippen LogP contribution in [0.1, 0.15) is 13.8 Å². The van der Waals surface area contributed by atoms with Gasteiger partial charge in [0.15, 0.2) is 0 Å². The van der Waals surface area contributed by atoms with Crippen LogP contribution in [0.25, 0.3) is 0 Å². The quantitative estimate of drug-likeness (QED) is 0.864. The first-order valence-corrected chi connectivity index (χ1v) is 6.81. The lowest BCUT2D eigenvalue weighted by Crippen LogP contribution is -2.40. The molecule has 4 nitrogen and oxygen atoms in total. The molecule has 1 aromatic carbocycles. The van der Waals surface area contributed by atoms with Crippen molar-refractivity contribution in [3.63, 3.8) is 0 Å². The van der Waals surface area contributed by atoms with Crippen molar-refractivity contribution in [3.05, 3.63) is 30.1 Å². The van der Waals surface area contributed by atoms with Crippen LogP contribution in [0, 0.1) is 5.82 Å². The van der Waals surface area contributed by atoms with Crippen molar-refractivity contribution in [1.29, 1.82) is 0 Å². The maximum atomic E-state index is 12.8. The SMILES string of the molecule is CC(C)N(CCN)S(=O)(=O)c1ccc(F)cc1. The smallest absolute Gasteiger partial charge is 0.243 e. The molecule has 0 spiro atoms. The number of rotatable bonds is 5. The number of hydrogen-bond acceptors (Lipinski definition) is 3. The normalized spacial score (nSPS) is 12.4. The summed E-state index contributed by atoms with van der Waals surface area (Å²) in [5.74, 6) is -0.459. The summed E-state index contributed by atoms with van der Waals surface area (Å²) in [4.78, 5) is 0.0843. The molecule has 0 aliphatic carbocycles. The molecule has 2 N–H and O–H groups in total. The molecule has 0 amide bonds. The van der Waals surface area contributed by atoms with Gasteiger partial charge in [-0.25, -0.2) is 12.8 Å². The molecule has 96 valence electrons. The van der Waals surface area contributed by atoms with Gasteiger partial charge in [0.2, 0.25) is 10.0 Å². The fourth-order valence-electron chi connectivity index (χ4n) is 1.53. The molecule has 0 heterocycles. The van der Waals surface area contributed by atoms with Crippen molar-refractivity contribution in [1.82, 2.24) is 4.31 Å². The molecule has 0 fully saturated rings. The third-order valence-corrected chi connectivity index (χ3v) is 4.44. The van der Waals surface area contributed by atoms with E-state index in [-0.39, 0.29) is 24.0 Å². The van der Waals surface area contributed by atoms with Crippen LogP contribution in [-0.4, -0.2) is 31.9 Å². The van der Waals surface area contributed by atoms with Crippen molar-refractivity contribution in [2.24, 2.45) is 5.73 Å². The summed E-state index contributed by atoms with van der Waals surface area (Å²) in [6.07, 6.45) is 0. The molecule has 0 saturated carbocycles. The second-order valence-corrected chi connectivity index (χ2v) is 5.84. The largest absolute Gasteiger partial charge is 0.329 e. The maximum Gasteiger partial charge on any atom is 0.243 e. The number of sulfonamides is 1. The van der Waals surface area contributed by atoms with Crippen LogP contribution >= 0.6 is 0 Å². The molecule has 0 aliphatic heterocycles. The van der Waals surface area contributed by atoms with Gasteiger partial charge >= 0.3 is 0 Å². The predicted octanol–water partition coefficient (Wildman–Crippen LogP) is 1.18. The molecule has 0 bridgehead atoms. The molecule has 6 heteroatoms. The summed E-state index contributed by atoms with van der Waals surface area (Å²) in [5.41, 5.74) is 5.40. The minimum Gasteiger partial charge on any atom is -0.329 e. The van der Waals surface area contributed by atoms with Gasteiger partial charge in [-0.1, -0.05) is 0 Å². The minimum atomic E-state index is -3.59. The van der Waals surface area contributed by atoms with E-state index in [1.807, 2.05) is 0 Å². The van der Waals surface area contributed by atoms with E-state index in [1.54, 1.807) is 13.8 Å². The van der Waals surface area contributed by atoms with Crippen molar-refractivity contribution in [2.45, 2.75) is 24.8 Å². The summed E-state index contributed by atoms with van der Waals surface area (Å²) >= 11 is 0. The summed E-state index contributed by atoms with van der Waals surface area (Å²) in [6, 6.07) is 4.60. The maximum absolute atomic E-state index is 12.8. The Hall–Kier alpha value is -0.980. The van der Waals surface area contributed by atoms with Crippen LogP contribution in [-0.2, 0) is 10.0 Å². The molecule has 0 aliphatic rings. The molecule has 17 heavy (non-hydrogen) atoms. The van der Waals surface area contributed by atoms with Crippen LogP contribution in [0.5, 0.6) is 0 Å². The van der Waals surface area contributed by atoms with Crippen molar-refractivity contribution >= 4 is 10.0 Å². The zero-order chi connectivity index (χ0) is 13.1. The van der Waals surface area contributed by atoms with Gasteiger partial charge in [0, 0.05) is 19.1 Å². The number of hydrogen-bond donors (Lipinski definition) is 1.